The highest BCUT2D eigenvalue weighted by Crippen LogP contribution is 2.20. The molecule has 3 N–H and O–H groups in total. The number of hydrogen-bond acceptors (Lipinski definition) is 3. The Morgan fingerprint density at radius 2 is 2.06 bits per heavy atom. The summed E-state index contributed by atoms with van der Waals surface area (Å²) >= 11 is 10.7. The van der Waals surface area contributed by atoms with Crippen molar-refractivity contribution in [1.82, 2.24) is 4.72 Å². The van der Waals surface area contributed by atoms with Gasteiger partial charge in [-0.2, -0.15) is 0 Å². The van der Waals surface area contributed by atoms with Crippen molar-refractivity contribution in [2.24, 2.45) is 5.73 Å². The molecule has 94 valence electrons. The third-order valence-electron chi connectivity index (χ3n) is 1.91. The molecular formula is C10H13ClN2O2S2. The van der Waals surface area contributed by atoms with Gasteiger partial charge in [0.25, 0.3) is 0 Å². The van der Waals surface area contributed by atoms with Gasteiger partial charge >= 0.3 is 0 Å². The maximum Gasteiger partial charge on any atom is 0.240 e. The second-order valence-corrected chi connectivity index (χ2v) is 6.34. The van der Waals surface area contributed by atoms with Gasteiger partial charge in [0.1, 0.15) is 4.99 Å². The molecule has 0 radical (unpaired) electrons. The highest BCUT2D eigenvalue weighted by atomic mass is 35.5. The summed E-state index contributed by atoms with van der Waals surface area (Å²) in [4.78, 5) is 0.229. The van der Waals surface area contributed by atoms with E-state index in [0.29, 0.717) is 5.56 Å². The molecular weight excluding hydrogens is 280 g/mol. The lowest BCUT2D eigenvalue weighted by atomic mass is 10.2. The van der Waals surface area contributed by atoms with Crippen LogP contribution in [-0.4, -0.2) is 19.4 Å². The molecule has 17 heavy (non-hydrogen) atoms. The van der Waals surface area contributed by atoms with Crippen molar-refractivity contribution in [2.75, 3.05) is 0 Å². The highest BCUT2D eigenvalue weighted by Gasteiger charge is 2.17. The van der Waals surface area contributed by atoms with Crippen molar-refractivity contribution in [3.05, 3.63) is 28.8 Å². The van der Waals surface area contributed by atoms with Crippen LogP contribution in [0.3, 0.4) is 0 Å². The summed E-state index contributed by atoms with van der Waals surface area (Å²) in [6.07, 6.45) is 0. The zero-order valence-corrected chi connectivity index (χ0v) is 11.8. The van der Waals surface area contributed by atoms with Gasteiger partial charge in [0.05, 0.1) is 9.92 Å². The molecule has 0 aromatic heterocycles. The first-order valence-corrected chi connectivity index (χ1v) is 7.12. The van der Waals surface area contributed by atoms with Crippen molar-refractivity contribution in [3.63, 3.8) is 0 Å². The Morgan fingerprint density at radius 3 is 2.47 bits per heavy atom. The summed E-state index contributed by atoms with van der Waals surface area (Å²) in [5, 5.41) is 0.226. The van der Waals surface area contributed by atoms with Crippen molar-refractivity contribution < 1.29 is 8.42 Å². The number of benzene rings is 1. The predicted molar refractivity (Wildman–Crippen MR) is 72.8 cm³/mol. The van der Waals surface area contributed by atoms with E-state index in [1.165, 1.54) is 18.2 Å². The maximum atomic E-state index is 11.8. The fourth-order valence-electron chi connectivity index (χ4n) is 1.24. The first-order chi connectivity index (χ1) is 7.74. The molecule has 1 aromatic carbocycles. The van der Waals surface area contributed by atoms with Gasteiger partial charge in [0, 0.05) is 11.6 Å². The Balaban J connectivity index is 3.18. The zero-order valence-electron chi connectivity index (χ0n) is 9.40. The van der Waals surface area contributed by atoms with Crippen LogP contribution in [0.5, 0.6) is 0 Å². The van der Waals surface area contributed by atoms with Crippen LogP contribution in [0.1, 0.15) is 19.4 Å². The third kappa shape index (κ3) is 3.64. The van der Waals surface area contributed by atoms with Crippen LogP contribution >= 0.6 is 23.8 Å². The smallest absolute Gasteiger partial charge is 0.240 e. The van der Waals surface area contributed by atoms with Crippen LogP contribution in [0.15, 0.2) is 23.1 Å². The third-order valence-corrected chi connectivity index (χ3v) is 4.10. The number of thiocarbonyl (C=S) groups is 1. The van der Waals surface area contributed by atoms with Crippen LogP contribution in [0.4, 0.5) is 0 Å². The molecule has 0 bridgehead atoms. The molecule has 1 aromatic rings. The minimum Gasteiger partial charge on any atom is -0.389 e. The molecule has 0 saturated carbocycles. The topological polar surface area (TPSA) is 72.2 Å². The second kappa shape index (κ2) is 5.30. The highest BCUT2D eigenvalue weighted by molar-refractivity contribution is 7.89. The Labute approximate surface area is 111 Å². The molecule has 1 rings (SSSR count). The van der Waals surface area contributed by atoms with E-state index in [9.17, 15) is 8.42 Å². The lowest BCUT2D eigenvalue weighted by Gasteiger charge is -2.10. The zero-order chi connectivity index (χ0) is 13.2. The molecule has 7 heteroatoms. The Bertz CT molecular complexity index is 541. The number of sulfonamides is 1. The van der Waals surface area contributed by atoms with Crippen molar-refractivity contribution in [3.8, 4) is 0 Å². The van der Waals surface area contributed by atoms with E-state index in [0.717, 1.165) is 0 Å². The molecule has 0 aliphatic heterocycles. The van der Waals surface area contributed by atoms with Crippen LogP contribution in [0.2, 0.25) is 5.02 Å². The summed E-state index contributed by atoms with van der Waals surface area (Å²) in [5.74, 6) is 0. The molecule has 0 amide bonds. The van der Waals surface area contributed by atoms with Gasteiger partial charge in [-0.25, -0.2) is 13.1 Å². The monoisotopic (exact) mass is 292 g/mol. The average molecular weight is 293 g/mol. The fraction of sp³-hybridized carbons (Fsp3) is 0.300. The Kier molecular flexibility index (Phi) is 4.48. The SMILES string of the molecule is CC(C)NS(=O)(=O)c1ccc(C(N)=S)c(Cl)c1. The maximum absolute atomic E-state index is 11.8. The van der Waals surface area contributed by atoms with Gasteiger partial charge < -0.3 is 5.73 Å². The summed E-state index contributed by atoms with van der Waals surface area (Å²) < 4.78 is 26.1. The van der Waals surface area contributed by atoms with E-state index in [2.05, 4.69) is 4.72 Å². The van der Waals surface area contributed by atoms with Gasteiger partial charge in [-0.15, -0.1) is 0 Å². The van der Waals surface area contributed by atoms with Crippen LogP contribution in [-0.2, 0) is 10.0 Å². The first-order valence-electron chi connectivity index (χ1n) is 4.85. The van der Waals surface area contributed by atoms with Crippen molar-refractivity contribution >= 4 is 38.8 Å². The van der Waals surface area contributed by atoms with Crippen molar-refractivity contribution in [1.29, 1.82) is 0 Å². The van der Waals surface area contributed by atoms with E-state index < -0.39 is 10.0 Å². The normalized spacial score (nSPS) is 11.8. The molecule has 0 atom stereocenters. The van der Waals surface area contributed by atoms with Crippen LogP contribution in [0.25, 0.3) is 0 Å². The Hall–Kier alpha value is -0.690. The van der Waals surface area contributed by atoms with E-state index in [-0.39, 0.29) is 20.9 Å². The molecule has 0 fully saturated rings. The fourth-order valence-corrected chi connectivity index (χ4v) is 3.10. The molecule has 0 spiro atoms. The minimum absolute atomic E-state index is 0.0937. The average Bonchev–Trinajstić information content (AvgIpc) is 2.14. The summed E-state index contributed by atoms with van der Waals surface area (Å²) in [6.45, 7) is 3.48. The number of nitrogens with one attached hydrogen (secondary N) is 1. The molecule has 0 heterocycles. The van der Waals surface area contributed by atoms with Gasteiger partial charge in [0.15, 0.2) is 0 Å². The number of halogens is 1. The van der Waals surface area contributed by atoms with E-state index in [1.54, 1.807) is 13.8 Å². The number of rotatable bonds is 4. The van der Waals surface area contributed by atoms with E-state index in [4.69, 9.17) is 29.6 Å². The van der Waals surface area contributed by atoms with Crippen LogP contribution in [0, 0.1) is 0 Å². The number of nitrogens with two attached hydrogens (primary N) is 1. The summed E-state index contributed by atoms with van der Waals surface area (Å²) in [7, 11) is -3.54. The summed E-state index contributed by atoms with van der Waals surface area (Å²) in [5.41, 5.74) is 5.90. The Morgan fingerprint density at radius 1 is 1.47 bits per heavy atom. The van der Waals surface area contributed by atoms with Gasteiger partial charge in [0.2, 0.25) is 10.0 Å². The molecule has 4 nitrogen and oxygen atoms in total. The predicted octanol–water partition coefficient (Wildman–Crippen LogP) is 1.66. The quantitative estimate of drug-likeness (QED) is 0.828. The van der Waals surface area contributed by atoms with Gasteiger partial charge in [-0.3, -0.25) is 0 Å². The largest absolute Gasteiger partial charge is 0.389 e. The number of hydrogen-bond donors (Lipinski definition) is 2. The standard InChI is InChI=1S/C10H13ClN2O2S2/c1-6(2)13-17(14,15)7-3-4-8(10(12)16)9(11)5-7/h3-6,13H,1-2H3,(H2,12,16). The van der Waals surface area contributed by atoms with E-state index >= 15 is 0 Å². The first kappa shape index (κ1) is 14.4. The molecule has 0 aliphatic rings. The van der Waals surface area contributed by atoms with Crippen LogP contribution < -0.4 is 10.5 Å². The van der Waals surface area contributed by atoms with Gasteiger partial charge in [-0.1, -0.05) is 23.8 Å². The van der Waals surface area contributed by atoms with Gasteiger partial charge in [-0.05, 0) is 32.0 Å². The summed E-state index contributed by atoms with van der Waals surface area (Å²) in [6, 6.07) is 4.07. The molecule has 0 unspecified atom stereocenters. The minimum atomic E-state index is -3.54. The second-order valence-electron chi connectivity index (χ2n) is 3.78. The molecule has 0 aliphatic carbocycles. The lowest BCUT2D eigenvalue weighted by Crippen LogP contribution is -2.30. The molecule has 0 saturated heterocycles. The van der Waals surface area contributed by atoms with E-state index in [1.807, 2.05) is 0 Å². The lowest BCUT2D eigenvalue weighted by molar-refractivity contribution is 0.570. The van der Waals surface area contributed by atoms with Crippen molar-refractivity contribution in [2.45, 2.75) is 24.8 Å².